The highest BCUT2D eigenvalue weighted by Crippen LogP contribution is 1.84. The van der Waals surface area contributed by atoms with Crippen LogP contribution in [0.25, 0.3) is 0 Å². The molecule has 7 N–H and O–H groups in total. The van der Waals surface area contributed by atoms with Crippen molar-refractivity contribution in [1.29, 1.82) is 0 Å². The van der Waals surface area contributed by atoms with E-state index in [1.54, 1.807) is 0 Å². The van der Waals surface area contributed by atoms with Crippen LogP contribution in [0.3, 0.4) is 0 Å². The maximum absolute atomic E-state index is 11.5. The van der Waals surface area contributed by atoms with Crippen LogP contribution in [0.15, 0.2) is 0 Å². The van der Waals surface area contributed by atoms with Crippen LogP contribution in [-0.4, -0.2) is 65.7 Å². The Morgan fingerprint density at radius 2 is 1.75 bits per heavy atom. The Balaban J connectivity index is 4.14. The Morgan fingerprint density at radius 3 is 2.20 bits per heavy atom. The van der Waals surface area contributed by atoms with Crippen molar-refractivity contribution >= 4 is 23.7 Å². The number of carbonyl (C=O) groups excluding carboxylic acids is 3. The van der Waals surface area contributed by atoms with E-state index in [1.807, 2.05) is 5.32 Å². The molecule has 0 bridgehead atoms. The van der Waals surface area contributed by atoms with Gasteiger partial charge in [-0.2, -0.15) is 0 Å². The van der Waals surface area contributed by atoms with Gasteiger partial charge in [-0.15, -0.1) is 0 Å². The molecule has 10 nitrogen and oxygen atoms in total. The van der Waals surface area contributed by atoms with Gasteiger partial charge in [-0.25, -0.2) is 4.79 Å². The quantitative estimate of drug-likeness (QED) is 0.265. The molecule has 0 rings (SSSR count). The molecule has 0 aliphatic carbocycles. The zero-order chi connectivity index (χ0) is 15.7. The SMILES string of the molecule is CC(NC(=O)CN)C(=O)NCC(=O)NC(CO)C(=O)O. The fourth-order valence-electron chi connectivity index (χ4n) is 1.12. The van der Waals surface area contributed by atoms with Crippen molar-refractivity contribution in [2.45, 2.75) is 19.0 Å². The summed E-state index contributed by atoms with van der Waals surface area (Å²) >= 11 is 0. The van der Waals surface area contributed by atoms with E-state index in [0.717, 1.165) is 0 Å². The predicted molar refractivity (Wildman–Crippen MR) is 66.3 cm³/mol. The van der Waals surface area contributed by atoms with E-state index >= 15 is 0 Å². The van der Waals surface area contributed by atoms with Gasteiger partial charge in [-0.1, -0.05) is 0 Å². The third kappa shape index (κ3) is 6.66. The highest BCUT2D eigenvalue weighted by molar-refractivity contribution is 5.91. The first kappa shape index (κ1) is 17.8. The second-order valence-electron chi connectivity index (χ2n) is 3.85. The molecule has 114 valence electrons. The predicted octanol–water partition coefficient (Wildman–Crippen LogP) is -3.87. The zero-order valence-electron chi connectivity index (χ0n) is 10.9. The maximum Gasteiger partial charge on any atom is 0.328 e. The molecule has 0 aromatic rings. The first-order chi connectivity index (χ1) is 9.31. The number of carboxylic acid groups (broad SMARTS) is 1. The number of hydrogen-bond donors (Lipinski definition) is 6. The molecule has 0 saturated heterocycles. The number of rotatable bonds is 8. The maximum atomic E-state index is 11.5. The highest BCUT2D eigenvalue weighted by atomic mass is 16.4. The van der Waals surface area contributed by atoms with E-state index in [1.165, 1.54) is 6.92 Å². The fraction of sp³-hybridized carbons (Fsp3) is 0.600. The molecule has 2 unspecified atom stereocenters. The number of carboxylic acids is 1. The van der Waals surface area contributed by atoms with Gasteiger partial charge in [0.05, 0.1) is 19.7 Å². The zero-order valence-corrected chi connectivity index (χ0v) is 10.9. The molecule has 0 radical (unpaired) electrons. The van der Waals surface area contributed by atoms with Gasteiger partial charge >= 0.3 is 5.97 Å². The number of aliphatic carboxylic acids is 1. The molecule has 0 aromatic carbocycles. The van der Waals surface area contributed by atoms with Gasteiger partial charge in [0, 0.05) is 0 Å². The van der Waals surface area contributed by atoms with Crippen LogP contribution in [0, 0.1) is 0 Å². The lowest BCUT2D eigenvalue weighted by Crippen LogP contribution is -2.51. The summed E-state index contributed by atoms with van der Waals surface area (Å²) in [5.41, 5.74) is 5.05. The second kappa shape index (κ2) is 8.82. The molecule has 0 saturated carbocycles. The molecule has 0 aliphatic rings. The van der Waals surface area contributed by atoms with Crippen LogP contribution in [0.5, 0.6) is 0 Å². The number of aliphatic hydroxyl groups excluding tert-OH is 1. The summed E-state index contributed by atoms with van der Waals surface area (Å²) in [5.74, 6) is -3.32. The van der Waals surface area contributed by atoms with Gasteiger partial charge in [0.15, 0.2) is 0 Å². The molecule has 2 atom stereocenters. The normalized spacial score (nSPS) is 12.9. The number of amides is 3. The minimum Gasteiger partial charge on any atom is -0.480 e. The lowest BCUT2D eigenvalue weighted by Gasteiger charge is -2.15. The molecule has 20 heavy (non-hydrogen) atoms. The van der Waals surface area contributed by atoms with Gasteiger partial charge in [0.25, 0.3) is 0 Å². The number of nitrogens with one attached hydrogen (secondary N) is 3. The molecule has 3 amide bonds. The molecule has 10 heteroatoms. The minimum absolute atomic E-state index is 0.269. The molecule has 0 fully saturated rings. The van der Waals surface area contributed by atoms with E-state index in [2.05, 4.69) is 10.6 Å². The Kier molecular flexibility index (Phi) is 7.85. The molecule has 0 spiro atoms. The highest BCUT2D eigenvalue weighted by Gasteiger charge is 2.20. The number of carbonyl (C=O) groups is 4. The van der Waals surface area contributed by atoms with Crippen LogP contribution >= 0.6 is 0 Å². The summed E-state index contributed by atoms with van der Waals surface area (Å²) in [6.45, 7) is -0.118. The van der Waals surface area contributed by atoms with Gasteiger partial charge < -0.3 is 31.9 Å². The number of hydrogen-bond acceptors (Lipinski definition) is 6. The Bertz CT molecular complexity index is 386. The summed E-state index contributed by atoms with van der Waals surface area (Å²) in [6.07, 6.45) is 0. The Labute approximate surface area is 114 Å². The standard InChI is InChI=1S/C10H18N4O6/c1-5(13-7(16)2-11)9(18)12-3-8(17)14-6(4-15)10(19)20/h5-6,15H,2-4,11H2,1H3,(H,12,18)(H,13,16)(H,14,17)(H,19,20). The van der Waals surface area contributed by atoms with Crippen molar-refractivity contribution in [3.63, 3.8) is 0 Å². The second-order valence-corrected chi connectivity index (χ2v) is 3.85. The monoisotopic (exact) mass is 290 g/mol. The van der Waals surface area contributed by atoms with Crippen molar-refractivity contribution in [1.82, 2.24) is 16.0 Å². The fourth-order valence-corrected chi connectivity index (χ4v) is 1.12. The lowest BCUT2D eigenvalue weighted by molar-refractivity contribution is -0.142. The smallest absolute Gasteiger partial charge is 0.328 e. The minimum atomic E-state index is -1.44. The van der Waals surface area contributed by atoms with Crippen LogP contribution in [0.4, 0.5) is 0 Å². The molecule has 0 heterocycles. The van der Waals surface area contributed by atoms with Crippen molar-refractivity contribution < 1.29 is 29.4 Å². The van der Waals surface area contributed by atoms with E-state index in [4.69, 9.17) is 15.9 Å². The van der Waals surface area contributed by atoms with Gasteiger partial charge in [-0.05, 0) is 6.92 Å². The van der Waals surface area contributed by atoms with Crippen molar-refractivity contribution in [2.75, 3.05) is 19.7 Å². The summed E-state index contributed by atoms with van der Waals surface area (Å²) in [6, 6.07) is -2.32. The van der Waals surface area contributed by atoms with Gasteiger partial charge in [-0.3, -0.25) is 14.4 Å². The third-order valence-corrected chi connectivity index (χ3v) is 2.20. The first-order valence-electron chi connectivity index (χ1n) is 5.72. The molecular formula is C10H18N4O6. The average Bonchev–Trinajstić information content (AvgIpc) is 2.41. The van der Waals surface area contributed by atoms with Gasteiger partial charge in [0.1, 0.15) is 12.1 Å². The van der Waals surface area contributed by atoms with Gasteiger partial charge in [0.2, 0.25) is 17.7 Å². The largest absolute Gasteiger partial charge is 0.480 e. The molecular weight excluding hydrogens is 272 g/mol. The average molecular weight is 290 g/mol. The lowest BCUT2D eigenvalue weighted by atomic mass is 10.3. The molecule has 0 aliphatic heterocycles. The van der Waals surface area contributed by atoms with Crippen LogP contribution < -0.4 is 21.7 Å². The van der Waals surface area contributed by atoms with E-state index in [-0.39, 0.29) is 6.54 Å². The van der Waals surface area contributed by atoms with E-state index < -0.39 is 48.9 Å². The summed E-state index contributed by atoms with van der Waals surface area (Å²) in [7, 11) is 0. The summed E-state index contributed by atoms with van der Waals surface area (Å²) in [5, 5.41) is 23.8. The van der Waals surface area contributed by atoms with Crippen LogP contribution in [0.2, 0.25) is 0 Å². The number of nitrogens with two attached hydrogens (primary N) is 1. The Hall–Kier alpha value is -2.20. The summed E-state index contributed by atoms with van der Waals surface area (Å²) in [4.78, 5) is 44.3. The summed E-state index contributed by atoms with van der Waals surface area (Å²) < 4.78 is 0. The van der Waals surface area contributed by atoms with Crippen LogP contribution in [0.1, 0.15) is 6.92 Å². The van der Waals surface area contributed by atoms with Crippen molar-refractivity contribution in [2.24, 2.45) is 5.73 Å². The van der Waals surface area contributed by atoms with Crippen molar-refractivity contribution in [3.8, 4) is 0 Å². The van der Waals surface area contributed by atoms with E-state index in [9.17, 15) is 19.2 Å². The topological polar surface area (TPSA) is 171 Å². The van der Waals surface area contributed by atoms with Crippen molar-refractivity contribution in [3.05, 3.63) is 0 Å². The first-order valence-corrected chi connectivity index (χ1v) is 5.72. The molecule has 0 aromatic heterocycles. The van der Waals surface area contributed by atoms with Crippen LogP contribution in [-0.2, 0) is 19.2 Å². The Morgan fingerprint density at radius 1 is 1.15 bits per heavy atom. The number of aliphatic hydroxyl groups is 1. The van der Waals surface area contributed by atoms with E-state index in [0.29, 0.717) is 0 Å². The third-order valence-electron chi connectivity index (χ3n) is 2.20.